The summed E-state index contributed by atoms with van der Waals surface area (Å²) in [6.07, 6.45) is -4.76. The number of benzene rings is 2. The van der Waals surface area contributed by atoms with Gasteiger partial charge in [-0.3, -0.25) is 14.3 Å². The maximum atomic E-state index is 12.8. The smallest absolute Gasteiger partial charge is 0.416 e. The second-order valence-electron chi connectivity index (χ2n) is 6.42. The van der Waals surface area contributed by atoms with E-state index < -0.39 is 39.6 Å². The van der Waals surface area contributed by atoms with Crippen molar-refractivity contribution in [1.82, 2.24) is 0 Å². The predicted molar refractivity (Wildman–Crippen MR) is 96.8 cm³/mol. The molecular weight excluding hydrogens is 413 g/mol. The highest BCUT2D eigenvalue weighted by molar-refractivity contribution is 7.92. The Bertz CT molecular complexity index is 1050. The number of carbonyl (C=O) groups excluding carboxylic acids is 1. The number of carbonyl (C=O) groups is 2. The van der Waals surface area contributed by atoms with Crippen LogP contribution in [0.15, 0.2) is 53.4 Å². The van der Waals surface area contributed by atoms with Crippen LogP contribution in [0.5, 0.6) is 0 Å². The van der Waals surface area contributed by atoms with Crippen molar-refractivity contribution in [1.29, 1.82) is 0 Å². The Balaban J connectivity index is 1.79. The molecule has 7 nitrogen and oxygen atoms in total. The number of amides is 1. The molecule has 1 heterocycles. The number of sulfonamides is 1. The van der Waals surface area contributed by atoms with E-state index in [9.17, 15) is 31.2 Å². The summed E-state index contributed by atoms with van der Waals surface area (Å²) < 4.78 is 65.3. The molecule has 0 spiro atoms. The van der Waals surface area contributed by atoms with Gasteiger partial charge in [0.15, 0.2) is 0 Å². The predicted octanol–water partition coefficient (Wildman–Crippen LogP) is 2.94. The fourth-order valence-corrected chi connectivity index (χ4v) is 3.95. The minimum absolute atomic E-state index is 0.0251. The quantitative estimate of drug-likeness (QED) is 0.762. The molecule has 11 heteroatoms. The minimum atomic E-state index is -4.61. The van der Waals surface area contributed by atoms with Gasteiger partial charge in [0.1, 0.15) is 0 Å². The fraction of sp³-hybridized carbons (Fsp3) is 0.222. The molecule has 1 saturated heterocycles. The Kier molecular flexibility index (Phi) is 5.26. The van der Waals surface area contributed by atoms with Crippen molar-refractivity contribution in [3.63, 3.8) is 0 Å². The van der Waals surface area contributed by atoms with Gasteiger partial charge in [0.25, 0.3) is 10.0 Å². The molecule has 0 saturated carbocycles. The van der Waals surface area contributed by atoms with Gasteiger partial charge in [-0.2, -0.15) is 13.2 Å². The molecule has 1 aliphatic rings. The standard InChI is InChI=1S/C18H15F3N2O5S/c19-18(20,21)12-2-1-3-13(9-12)22-29(27,28)15-6-4-14(5-7-15)23-10-11(17(25)26)8-16(23)24/h1-7,9,11,22H,8,10H2,(H,25,26)/t11-/m0/s1. The summed E-state index contributed by atoms with van der Waals surface area (Å²) in [7, 11) is -4.17. The zero-order valence-electron chi connectivity index (χ0n) is 14.7. The molecule has 154 valence electrons. The van der Waals surface area contributed by atoms with Crippen LogP contribution in [0.25, 0.3) is 0 Å². The zero-order valence-corrected chi connectivity index (χ0v) is 15.5. The van der Waals surface area contributed by atoms with Gasteiger partial charge in [-0.05, 0) is 42.5 Å². The van der Waals surface area contributed by atoms with Crippen molar-refractivity contribution in [2.24, 2.45) is 5.92 Å². The van der Waals surface area contributed by atoms with E-state index in [0.717, 1.165) is 12.1 Å². The molecule has 3 rings (SSSR count). The minimum Gasteiger partial charge on any atom is -0.481 e. The van der Waals surface area contributed by atoms with Crippen molar-refractivity contribution < 1.29 is 36.3 Å². The van der Waals surface area contributed by atoms with Crippen molar-refractivity contribution in [2.75, 3.05) is 16.2 Å². The summed E-state index contributed by atoms with van der Waals surface area (Å²) in [5, 5.41) is 9.02. The largest absolute Gasteiger partial charge is 0.481 e. The zero-order chi connectivity index (χ0) is 21.4. The van der Waals surface area contributed by atoms with Crippen molar-refractivity contribution in [3.8, 4) is 0 Å². The monoisotopic (exact) mass is 428 g/mol. The SMILES string of the molecule is O=C(O)[C@H]1CC(=O)N(c2ccc(S(=O)(=O)Nc3cccc(C(F)(F)F)c3)cc2)C1. The third-order valence-electron chi connectivity index (χ3n) is 4.38. The summed E-state index contributed by atoms with van der Waals surface area (Å²) in [6, 6.07) is 8.83. The molecule has 0 radical (unpaired) electrons. The average molecular weight is 428 g/mol. The number of halogens is 3. The van der Waals surface area contributed by atoms with Crippen LogP contribution >= 0.6 is 0 Å². The molecule has 2 aromatic carbocycles. The second kappa shape index (κ2) is 7.39. The lowest BCUT2D eigenvalue weighted by Crippen LogP contribution is -2.25. The first-order valence-corrected chi connectivity index (χ1v) is 9.79. The van der Waals surface area contributed by atoms with Crippen molar-refractivity contribution >= 4 is 33.3 Å². The van der Waals surface area contributed by atoms with E-state index in [0.29, 0.717) is 11.8 Å². The summed E-state index contributed by atoms with van der Waals surface area (Å²) in [4.78, 5) is 24.0. The third kappa shape index (κ3) is 4.50. The molecular formula is C18H15F3N2O5S. The lowest BCUT2D eigenvalue weighted by Gasteiger charge is -2.17. The third-order valence-corrected chi connectivity index (χ3v) is 5.77. The van der Waals surface area contributed by atoms with E-state index in [1.165, 1.54) is 35.2 Å². The first-order chi connectivity index (χ1) is 13.5. The Morgan fingerprint density at radius 3 is 2.34 bits per heavy atom. The molecule has 1 amide bonds. The van der Waals surface area contributed by atoms with Gasteiger partial charge >= 0.3 is 12.1 Å². The topological polar surface area (TPSA) is 104 Å². The fourth-order valence-electron chi connectivity index (χ4n) is 2.90. The van der Waals surface area contributed by atoms with Crippen LogP contribution < -0.4 is 9.62 Å². The molecule has 2 N–H and O–H groups in total. The van der Waals surface area contributed by atoms with Crippen LogP contribution in [0.1, 0.15) is 12.0 Å². The van der Waals surface area contributed by atoms with Crippen LogP contribution in [-0.2, 0) is 25.8 Å². The van der Waals surface area contributed by atoms with Crippen molar-refractivity contribution in [3.05, 3.63) is 54.1 Å². The van der Waals surface area contributed by atoms with Gasteiger partial charge in [0.2, 0.25) is 5.91 Å². The van der Waals surface area contributed by atoms with Crippen LogP contribution in [0, 0.1) is 5.92 Å². The lowest BCUT2D eigenvalue weighted by molar-refractivity contribution is -0.141. The molecule has 1 atom stereocenters. The van der Waals surface area contributed by atoms with E-state index in [1.54, 1.807) is 0 Å². The number of hydrogen-bond acceptors (Lipinski definition) is 4. The number of alkyl halides is 3. The highest BCUT2D eigenvalue weighted by Gasteiger charge is 2.35. The Hall–Kier alpha value is -3.08. The van der Waals surface area contributed by atoms with Gasteiger partial charge in [-0.25, -0.2) is 8.42 Å². The van der Waals surface area contributed by atoms with Gasteiger partial charge in [0, 0.05) is 24.3 Å². The van der Waals surface area contributed by atoms with E-state index in [4.69, 9.17) is 5.11 Å². The molecule has 1 aliphatic heterocycles. The number of aliphatic carboxylic acids is 1. The molecule has 0 aromatic heterocycles. The number of rotatable bonds is 5. The van der Waals surface area contributed by atoms with Gasteiger partial charge < -0.3 is 10.0 Å². The maximum Gasteiger partial charge on any atom is 0.416 e. The van der Waals surface area contributed by atoms with Gasteiger partial charge in [-0.15, -0.1) is 0 Å². The number of nitrogens with one attached hydrogen (secondary N) is 1. The molecule has 29 heavy (non-hydrogen) atoms. The number of nitrogens with zero attached hydrogens (tertiary/aromatic N) is 1. The number of carboxylic acid groups (broad SMARTS) is 1. The van der Waals surface area contributed by atoms with E-state index >= 15 is 0 Å². The highest BCUT2D eigenvalue weighted by atomic mass is 32.2. The number of hydrogen-bond donors (Lipinski definition) is 2. The van der Waals surface area contributed by atoms with Crippen molar-refractivity contribution in [2.45, 2.75) is 17.5 Å². The summed E-state index contributed by atoms with van der Waals surface area (Å²) in [5.74, 6) is -2.33. The molecule has 0 aliphatic carbocycles. The highest BCUT2D eigenvalue weighted by Crippen LogP contribution is 2.31. The Labute approximate surface area is 163 Å². The van der Waals surface area contributed by atoms with E-state index in [1.807, 2.05) is 0 Å². The molecule has 2 aromatic rings. The van der Waals surface area contributed by atoms with Gasteiger partial charge in [0.05, 0.1) is 16.4 Å². The number of anilines is 2. The normalized spacial score (nSPS) is 17.4. The first kappa shape index (κ1) is 20.6. The Morgan fingerprint density at radius 2 is 1.79 bits per heavy atom. The number of carboxylic acids is 1. The summed E-state index contributed by atoms with van der Waals surface area (Å²) in [6.45, 7) is -0.0251. The summed E-state index contributed by atoms with van der Waals surface area (Å²) in [5.41, 5.74) is -0.909. The Morgan fingerprint density at radius 1 is 1.14 bits per heavy atom. The van der Waals surface area contributed by atoms with E-state index in [-0.39, 0.29) is 23.5 Å². The second-order valence-corrected chi connectivity index (χ2v) is 8.10. The van der Waals surface area contributed by atoms with Gasteiger partial charge in [-0.1, -0.05) is 6.07 Å². The molecule has 0 unspecified atom stereocenters. The molecule has 0 bridgehead atoms. The molecule has 1 fully saturated rings. The summed E-state index contributed by atoms with van der Waals surface area (Å²) >= 11 is 0. The van der Waals surface area contributed by atoms with Crippen LogP contribution in [0.4, 0.5) is 24.5 Å². The maximum absolute atomic E-state index is 12.8. The first-order valence-electron chi connectivity index (χ1n) is 8.31. The average Bonchev–Trinajstić information content (AvgIpc) is 3.03. The van der Waals surface area contributed by atoms with Crippen LogP contribution in [0.2, 0.25) is 0 Å². The van der Waals surface area contributed by atoms with E-state index in [2.05, 4.69) is 4.72 Å². The van der Waals surface area contributed by atoms with Crippen LogP contribution in [0.3, 0.4) is 0 Å². The van der Waals surface area contributed by atoms with Crippen LogP contribution in [-0.4, -0.2) is 31.9 Å². The lowest BCUT2D eigenvalue weighted by atomic mass is 10.1.